The maximum absolute atomic E-state index is 12.2. The number of aromatic nitrogens is 2. The molecule has 1 aromatic carbocycles. The second-order valence-corrected chi connectivity index (χ2v) is 5.84. The Morgan fingerprint density at radius 3 is 3.00 bits per heavy atom. The van der Waals surface area contributed by atoms with E-state index < -0.39 is 0 Å². The molecule has 0 aliphatic heterocycles. The summed E-state index contributed by atoms with van der Waals surface area (Å²) >= 11 is 7.14. The Morgan fingerprint density at radius 1 is 1.38 bits per heavy atom. The van der Waals surface area contributed by atoms with Gasteiger partial charge in [0.15, 0.2) is 0 Å². The highest BCUT2D eigenvalue weighted by Crippen LogP contribution is 2.31. The van der Waals surface area contributed by atoms with Crippen molar-refractivity contribution in [2.24, 2.45) is 0 Å². The highest BCUT2D eigenvalue weighted by atomic mass is 35.5. The summed E-state index contributed by atoms with van der Waals surface area (Å²) in [5, 5.41) is 12.0. The van der Waals surface area contributed by atoms with Crippen molar-refractivity contribution in [2.45, 2.75) is 6.54 Å². The fourth-order valence-electron chi connectivity index (χ4n) is 1.95. The van der Waals surface area contributed by atoms with Crippen LogP contribution in [-0.2, 0) is 6.54 Å². The molecule has 0 fully saturated rings. The number of carbonyl (C=O) groups is 1. The molecule has 0 saturated carbocycles. The van der Waals surface area contributed by atoms with Gasteiger partial charge in [-0.3, -0.25) is 4.79 Å². The molecule has 5 nitrogen and oxygen atoms in total. The summed E-state index contributed by atoms with van der Waals surface area (Å²) in [6.07, 6.45) is 1.55. The molecule has 7 heteroatoms. The summed E-state index contributed by atoms with van der Waals surface area (Å²) < 4.78 is 0. The number of hydrogen-bond acceptors (Lipinski definition) is 5. The van der Waals surface area contributed by atoms with Crippen molar-refractivity contribution in [1.29, 1.82) is 0 Å². The lowest BCUT2D eigenvalue weighted by Gasteiger charge is -2.05. The maximum Gasteiger partial charge on any atom is 0.263 e. The minimum Gasteiger partial charge on any atom is -0.397 e. The minimum atomic E-state index is -0.226. The number of nitrogen functional groups attached to an aromatic ring is 1. The SMILES string of the molecule is Nc1c(C(=O)NCc2cccc(Cl)c2)sc2nnccc12. The molecule has 2 aromatic heterocycles. The van der Waals surface area contributed by atoms with Crippen molar-refractivity contribution in [3.63, 3.8) is 0 Å². The summed E-state index contributed by atoms with van der Waals surface area (Å²) in [7, 11) is 0. The molecule has 0 saturated heterocycles. The summed E-state index contributed by atoms with van der Waals surface area (Å²) in [6.45, 7) is 0.388. The van der Waals surface area contributed by atoms with Gasteiger partial charge in [-0.15, -0.1) is 16.4 Å². The second-order valence-electron chi connectivity index (χ2n) is 4.41. The van der Waals surface area contributed by atoms with Crippen LogP contribution in [0.25, 0.3) is 10.2 Å². The zero-order valence-corrected chi connectivity index (χ0v) is 12.4. The largest absolute Gasteiger partial charge is 0.397 e. The molecular weight excluding hydrogens is 308 g/mol. The number of thiophene rings is 1. The Balaban J connectivity index is 1.79. The van der Waals surface area contributed by atoms with Gasteiger partial charge in [0.05, 0.1) is 11.9 Å². The summed E-state index contributed by atoms with van der Waals surface area (Å²) in [4.78, 5) is 13.3. The predicted molar refractivity (Wildman–Crippen MR) is 84.4 cm³/mol. The molecule has 0 radical (unpaired) electrons. The average Bonchev–Trinajstić information content (AvgIpc) is 2.83. The number of hydrogen-bond donors (Lipinski definition) is 2. The van der Waals surface area contributed by atoms with Crippen LogP contribution in [0.1, 0.15) is 15.2 Å². The number of fused-ring (bicyclic) bond motifs is 1. The van der Waals surface area contributed by atoms with Crippen molar-refractivity contribution in [2.75, 3.05) is 5.73 Å². The number of carbonyl (C=O) groups excluding carboxylic acids is 1. The number of nitrogens with two attached hydrogens (primary N) is 1. The summed E-state index contributed by atoms with van der Waals surface area (Å²) in [5.74, 6) is -0.226. The Bertz CT molecular complexity index is 818. The van der Waals surface area contributed by atoms with Crippen LogP contribution in [0.3, 0.4) is 0 Å². The van der Waals surface area contributed by atoms with E-state index in [-0.39, 0.29) is 5.91 Å². The molecule has 0 aliphatic rings. The topological polar surface area (TPSA) is 80.9 Å². The molecule has 2 heterocycles. The van der Waals surface area contributed by atoms with Gasteiger partial charge in [-0.1, -0.05) is 23.7 Å². The molecule has 1 amide bonds. The van der Waals surface area contributed by atoms with Crippen LogP contribution in [0, 0.1) is 0 Å². The smallest absolute Gasteiger partial charge is 0.263 e. The van der Waals surface area contributed by atoms with Gasteiger partial charge in [-0.25, -0.2) is 0 Å². The highest BCUT2D eigenvalue weighted by Gasteiger charge is 2.16. The number of anilines is 1. The zero-order chi connectivity index (χ0) is 14.8. The molecule has 3 N–H and O–H groups in total. The first kappa shape index (κ1) is 13.8. The Kier molecular flexibility index (Phi) is 3.72. The van der Waals surface area contributed by atoms with E-state index in [1.807, 2.05) is 18.2 Å². The number of amides is 1. The fraction of sp³-hybridized carbons (Fsp3) is 0.0714. The number of nitrogens with zero attached hydrogens (tertiary/aromatic N) is 2. The minimum absolute atomic E-state index is 0.226. The number of nitrogens with one attached hydrogen (secondary N) is 1. The van der Waals surface area contributed by atoms with E-state index >= 15 is 0 Å². The van der Waals surface area contributed by atoms with Gasteiger partial charge in [-0.05, 0) is 23.8 Å². The Labute approximate surface area is 129 Å². The van der Waals surface area contributed by atoms with Crippen LogP contribution in [0.5, 0.6) is 0 Å². The van der Waals surface area contributed by atoms with Gasteiger partial charge in [0.1, 0.15) is 9.71 Å². The lowest BCUT2D eigenvalue weighted by Crippen LogP contribution is -2.22. The second kappa shape index (κ2) is 5.67. The Hall–Kier alpha value is -2.18. The monoisotopic (exact) mass is 318 g/mol. The summed E-state index contributed by atoms with van der Waals surface area (Å²) in [6, 6.07) is 9.08. The van der Waals surface area contributed by atoms with E-state index in [0.29, 0.717) is 27.0 Å². The quantitative estimate of drug-likeness (QED) is 0.778. The third-order valence-electron chi connectivity index (χ3n) is 2.97. The van der Waals surface area contributed by atoms with Crippen molar-refractivity contribution >= 4 is 44.7 Å². The normalized spacial score (nSPS) is 10.7. The fourth-order valence-corrected chi connectivity index (χ4v) is 3.12. The standard InChI is InChI=1S/C14H11ClN4OS/c15-9-3-1-2-8(6-9)7-17-13(20)12-11(16)10-4-5-18-19-14(10)21-12/h1-6H,7,16H2,(H,17,20). The first-order valence-corrected chi connectivity index (χ1v) is 7.37. The number of benzene rings is 1. The van der Waals surface area contributed by atoms with E-state index in [2.05, 4.69) is 15.5 Å². The zero-order valence-electron chi connectivity index (χ0n) is 10.8. The van der Waals surface area contributed by atoms with Crippen LogP contribution in [0.15, 0.2) is 36.5 Å². The van der Waals surface area contributed by atoms with Crippen LogP contribution in [0.4, 0.5) is 5.69 Å². The summed E-state index contributed by atoms with van der Waals surface area (Å²) in [5.41, 5.74) is 7.36. The molecule has 3 rings (SSSR count). The van der Waals surface area contributed by atoms with E-state index in [9.17, 15) is 4.79 Å². The van der Waals surface area contributed by atoms with E-state index in [1.165, 1.54) is 11.3 Å². The van der Waals surface area contributed by atoms with E-state index in [1.54, 1.807) is 18.3 Å². The van der Waals surface area contributed by atoms with Gasteiger partial charge in [-0.2, -0.15) is 5.10 Å². The van der Waals surface area contributed by atoms with Gasteiger partial charge in [0.2, 0.25) is 0 Å². The molecule has 0 unspecified atom stereocenters. The third kappa shape index (κ3) is 2.81. The lowest BCUT2D eigenvalue weighted by atomic mass is 10.2. The highest BCUT2D eigenvalue weighted by molar-refractivity contribution is 7.21. The van der Waals surface area contributed by atoms with E-state index in [0.717, 1.165) is 10.9 Å². The lowest BCUT2D eigenvalue weighted by molar-refractivity contribution is 0.0956. The Morgan fingerprint density at radius 2 is 2.24 bits per heavy atom. The molecule has 0 spiro atoms. The maximum atomic E-state index is 12.2. The van der Waals surface area contributed by atoms with Gasteiger partial charge >= 0.3 is 0 Å². The van der Waals surface area contributed by atoms with Crippen LogP contribution in [-0.4, -0.2) is 16.1 Å². The first-order valence-electron chi connectivity index (χ1n) is 6.17. The van der Waals surface area contributed by atoms with Crippen molar-refractivity contribution in [3.8, 4) is 0 Å². The predicted octanol–water partition coefficient (Wildman–Crippen LogP) is 2.86. The van der Waals surface area contributed by atoms with E-state index in [4.69, 9.17) is 17.3 Å². The molecule has 106 valence electrons. The number of halogens is 1. The average molecular weight is 319 g/mol. The van der Waals surface area contributed by atoms with Crippen molar-refractivity contribution < 1.29 is 4.79 Å². The number of rotatable bonds is 3. The van der Waals surface area contributed by atoms with Crippen molar-refractivity contribution in [1.82, 2.24) is 15.5 Å². The third-order valence-corrected chi connectivity index (χ3v) is 4.31. The first-order chi connectivity index (χ1) is 10.1. The van der Waals surface area contributed by atoms with Crippen LogP contribution in [0.2, 0.25) is 5.02 Å². The van der Waals surface area contributed by atoms with Gasteiger partial charge < -0.3 is 11.1 Å². The molecular formula is C14H11ClN4OS. The van der Waals surface area contributed by atoms with Crippen LogP contribution >= 0.6 is 22.9 Å². The van der Waals surface area contributed by atoms with Crippen LogP contribution < -0.4 is 11.1 Å². The van der Waals surface area contributed by atoms with Crippen molar-refractivity contribution in [3.05, 3.63) is 52.0 Å². The van der Waals surface area contributed by atoms with Gasteiger partial charge in [0.25, 0.3) is 5.91 Å². The molecule has 3 aromatic rings. The molecule has 0 aliphatic carbocycles. The molecule has 21 heavy (non-hydrogen) atoms. The molecule has 0 bridgehead atoms. The van der Waals surface area contributed by atoms with Gasteiger partial charge in [0, 0.05) is 17.0 Å². The molecule has 0 atom stereocenters.